The molecule has 0 aliphatic carbocycles. The number of piperazine rings is 1. The number of hydrogen-bond acceptors (Lipinski definition) is 3. The van der Waals surface area contributed by atoms with Crippen molar-refractivity contribution in [2.75, 3.05) is 26.2 Å². The number of carbonyl (C=O) groups is 1. The average Bonchev–Trinajstić information content (AvgIpc) is 2.69. The molecule has 2 aromatic carbocycles. The van der Waals surface area contributed by atoms with Gasteiger partial charge >= 0.3 is 6.03 Å². The van der Waals surface area contributed by atoms with Crippen molar-refractivity contribution in [3.63, 3.8) is 0 Å². The Hall–Kier alpha value is -1.87. The van der Waals surface area contributed by atoms with Crippen LogP contribution in [0, 0.1) is 5.82 Å². The van der Waals surface area contributed by atoms with Crippen LogP contribution in [-0.2, 0) is 16.6 Å². The van der Waals surface area contributed by atoms with Gasteiger partial charge in [0, 0.05) is 38.3 Å². The molecule has 2 amide bonds. The summed E-state index contributed by atoms with van der Waals surface area (Å²) < 4.78 is 40.5. The van der Waals surface area contributed by atoms with Crippen LogP contribution >= 0.6 is 23.2 Å². The highest BCUT2D eigenvalue weighted by atomic mass is 35.5. The Morgan fingerprint density at radius 1 is 1.04 bits per heavy atom. The molecular weight excluding hydrogens is 428 g/mol. The van der Waals surface area contributed by atoms with Crippen molar-refractivity contribution in [1.29, 1.82) is 0 Å². The maximum Gasteiger partial charge on any atom is 0.317 e. The summed E-state index contributed by atoms with van der Waals surface area (Å²) in [6.45, 7) is 0.722. The number of benzene rings is 2. The number of rotatable bonds is 4. The first kappa shape index (κ1) is 20.9. The lowest BCUT2D eigenvalue weighted by atomic mass is 10.2. The summed E-state index contributed by atoms with van der Waals surface area (Å²) in [5.74, 6) is -0.392. The van der Waals surface area contributed by atoms with Crippen LogP contribution in [0.15, 0.2) is 47.4 Å². The largest absolute Gasteiger partial charge is 0.334 e. The fraction of sp³-hybridized carbons (Fsp3) is 0.278. The molecule has 1 N–H and O–H groups in total. The summed E-state index contributed by atoms with van der Waals surface area (Å²) in [6, 6.07) is 10.2. The van der Waals surface area contributed by atoms with E-state index in [2.05, 4.69) is 5.32 Å². The number of urea groups is 1. The van der Waals surface area contributed by atoms with Crippen LogP contribution < -0.4 is 5.32 Å². The summed E-state index contributed by atoms with van der Waals surface area (Å²) in [6.07, 6.45) is 0. The number of hydrogen-bond donors (Lipinski definition) is 1. The number of nitrogens with one attached hydrogen (secondary N) is 1. The zero-order valence-corrected chi connectivity index (χ0v) is 17.1. The van der Waals surface area contributed by atoms with Crippen LogP contribution in [0.1, 0.15) is 5.56 Å². The fourth-order valence-electron chi connectivity index (χ4n) is 2.88. The average molecular weight is 446 g/mol. The zero-order valence-electron chi connectivity index (χ0n) is 14.7. The quantitative estimate of drug-likeness (QED) is 0.784. The minimum atomic E-state index is -3.82. The molecule has 6 nitrogen and oxygen atoms in total. The van der Waals surface area contributed by atoms with Crippen molar-refractivity contribution < 1.29 is 17.6 Å². The lowest BCUT2D eigenvalue weighted by molar-refractivity contribution is 0.172. The highest BCUT2D eigenvalue weighted by molar-refractivity contribution is 7.89. The molecule has 28 heavy (non-hydrogen) atoms. The third kappa shape index (κ3) is 4.41. The van der Waals surface area contributed by atoms with Crippen LogP contribution in [0.5, 0.6) is 0 Å². The summed E-state index contributed by atoms with van der Waals surface area (Å²) >= 11 is 12.0. The van der Waals surface area contributed by atoms with Gasteiger partial charge in [-0.1, -0.05) is 47.5 Å². The van der Waals surface area contributed by atoms with Gasteiger partial charge in [0.25, 0.3) is 0 Å². The molecule has 0 atom stereocenters. The van der Waals surface area contributed by atoms with E-state index in [0.29, 0.717) is 5.56 Å². The maximum atomic E-state index is 13.6. The van der Waals surface area contributed by atoms with Gasteiger partial charge in [-0.05, 0) is 18.2 Å². The van der Waals surface area contributed by atoms with E-state index in [0.717, 1.165) is 0 Å². The van der Waals surface area contributed by atoms with Gasteiger partial charge < -0.3 is 10.2 Å². The smallest absolute Gasteiger partial charge is 0.317 e. The molecule has 0 bridgehead atoms. The molecule has 2 aromatic rings. The number of amides is 2. The molecule has 150 valence electrons. The van der Waals surface area contributed by atoms with Crippen molar-refractivity contribution in [1.82, 2.24) is 14.5 Å². The molecular formula is C18H18Cl2FN3O3S. The first-order valence-corrected chi connectivity index (χ1v) is 10.7. The van der Waals surface area contributed by atoms with E-state index in [1.165, 1.54) is 33.5 Å². The van der Waals surface area contributed by atoms with E-state index in [1.54, 1.807) is 18.2 Å². The standard InChI is InChI=1S/C18H18Cl2FN3O3S/c19-14-5-3-7-16(17(14)20)28(26,27)24-10-8-23(9-11-24)18(25)22-12-13-4-1-2-6-15(13)21/h1-7H,8-12H2,(H,22,25). The van der Waals surface area contributed by atoms with E-state index in [9.17, 15) is 17.6 Å². The summed E-state index contributed by atoms with van der Waals surface area (Å²) in [4.78, 5) is 13.7. The van der Waals surface area contributed by atoms with Gasteiger partial charge in [0.2, 0.25) is 10.0 Å². The van der Waals surface area contributed by atoms with Crippen LogP contribution in [0.25, 0.3) is 0 Å². The van der Waals surface area contributed by atoms with Crippen LogP contribution in [0.3, 0.4) is 0 Å². The molecule has 1 aliphatic rings. The third-order valence-corrected chi connectivity index (χ3v) is 7.32. The highest BCUT2D eigenvalue weighted by Gasteiger charge is 2.31. The zero-order chi connectivity index (χ0) is 20.3. The van der Waals surface area contributed by atoms with Crippen molar-refractivity contribution >= 4 is 39.3 Å². The second-order valence-corrected chi connectivity index (χ2v) is 8.88. The summed E-state index contributed by atoms with van der Waals surface area (Å²) in [5.41, 5.74) is 0.382. The normalized spacial score (nSPS) is 15.5. The topological polar surface area (TPSA) is 69.7 Å². The monoisotopic (exact) mass is 445 g/mol. The lowest BCUT2D eigenvalue weighted by Crippen LogP contribution is -2.53. The Balaban J connectivity index is 1.60. The summed E-state index contributed by atoms with van der Waals surface area (Å²) in [7, 11) is -3.82. The molecule has 0 spiro atoms. The molecule has 0 radical (unpaired) electrons. The Labute approximate surface area is 172 Å². The number of nitrogens with zero attached hydrogens (tertiary/aromatic N) is 2. The van der Waals surface area contributed by atoms with Crippen molar-refractivity contribution in [2.45, 2.75) is 11.4 Å². The van der Waals surface area contributed by atoms with Crippen LogP contribution in [-0.4, -0.2) is 49.8 Å². The molecule has 3 rings (SSSR count). The second kappa shape index (κ2) is 8.65. The number of sulfonamides is 1. The molecule has 0 aromatic heterocycles. The van der Waals surface area contributed by atoms with E-state index in [4.69, 9.17) is 23.2 Å². The van der Waals surface area contributed by atoms with E-state index in [-0.39, 0.29) is 53.7 Å². The number of halogens is 3. The van der Waals surface area contributed by atoms with Gasteiger partial charge in [0.15, 0.2) is 0 Å². The Morgan fingerprint density at radius 3 is 2.39 bits per heavy atom. The van der Waals surface area contributed by atoms with Gasteiger partial charge in [-0.15, -0.1) is 0 Å². The SMILES string of the molecule is O=C(NCc1ccccc1F)N1CCN(S(=O)(=O)c2cccc(Cl)c2Cl)CC1. The first-order chi connectivity index (χ1) is 13.3. The molecule has 0 unspecified atom stereocenters. The molecule has 1 fully saturated rings. The molecule has 1 heterocycles. The minimum absolute atomic E-state index is 0.0192. The van der Waals surface area contributed by atoms with Gasteiger partial charge in [0.05, 0.1) is 10.0 Å². The van der Waals surface area contributed by atoms with Gasteiger partial charge in [0.1, 0.15) is 10.7 Å². The predicted molar refractivity (Wildman–Crippen MR) is 105 cm³/mol. The Bertz CT molecular complexity index is 980. The minimum Gasteiger partial charge on any atom is -0.334 e. The van der Waals surface area contributed by atoms with Crippen LogP contribution in [0.2, 0.25) is 10.0 Å². The molecule has 1 aliphatic heterocycles. The Kier molecular flexibility index (Phi) is 6.44. The molecule has 0 saturated carbocycles. The maximum absolute atomic E-state index is 13.6. The molecule has 1 saturated heterocycles. The van der Waals surface area contributed by atoms with E-state index in [1.807, 2.05) is 0 Å². The lowest BCUT2D eigenvalue weighted by Gasteiger charge is -2.34. The van der Waals surface area contributed by atoms with Gasteiger partial charge in [-0.2, -0.15) is 4.31 Å². The predicted octanol–water partition coefficient (Wildman–Crippen LogP) is 3.35. The van der Waals surface area contributed by atoms with E-state index >= 15 is 0 Å². The second-order valence-electron chi connectivity index (χ2n) is 6.19. The third-order valence-electron chi connectivity index (χ3n) is 4.45. The molecule has 10 heteroatoms. The Morgan fingerprint density at radius 2 is 1.71 bits per heavy atom. The van der Waals surface area contributed by atoms with E-state index < -0.39 is 15.8 Å². The first-order valence-electron chi connectivity index (χ1n) is 8.51. The van der Waals surface area contributed by atoms with Gasteiger partial charge in [-0.3, -0.25) is 0 Å². The van der Waals surface area contributed by atoms with Gasteiger partial charge in [-0.25, -0.2) is 17.6 Å². The highest BCUT2D eigenvalue weighted by Crippen LogP contribution is 2.31. The fourth-order valence-corrected chi connectivity index (χ4v) is 5.04. The number of carbonyl (C=O) groups excluding carboxylic acids is 1. The van der Waals surface area contributed by atoms with Crippen LogP contribution in [0.4, 0.5) is 9.18 Å². The summed E-state index contributed by atoms with van der Waals surface area (Å²) in [5, 5.41) is 2.79. The van der Waals surface area contributed by atoms with Crippen molar-refractivity contribution in [3.05, 3.63) is 63.9 Å². The van der Waals surface area contributed by atoms with Crippen molar-refractivity contribution in [3.8, 4) is 0 Å². The van der Waals surface area contributed by atoms with Crippen molar-refractivity contribution in [2.24, 2.45) is 0 Å².